The van der Waals surface area contributed by atoms with Crippen LogP contribution in [0.25, 0.3) is 0 Å². The molecule has 3 N–H and O–H groups in total. The number of hydrogen-bond acceptors (Lipinski definition) is 2. The zero-order valence-corrected chi connectivity index (χ0v) is 9.89. The Balaban J connectivity index is 4.17. The fourth-order valence-corrected chi connectivity index (χ4v) is 1.28. The normalized spacial score (nSPS) is 15.5. The van der Waals surface area contributed by atoms with Crippen LogP contribution in [0.15, 0.2) is 0 Å². The Labute approximate surface area is 87.4 Å². The molecule has 0 fully saturated rings. The van der Waals surface area contributed by atoms with E-state index < -0.39 is 5.54 Å². The fourth-order valence-electron chi connectivity index (χ4n) is 1.28. The summed E-state index contributed by atoms with van der Waals surface area (Å²) in [6.45, 7) is 9.13. The molecule has 0 aromatic carbocycles. The zero-order chi connectivity index (χ0) is 11.2. The van der Waals surface area contributed by atoms with E-state index in [-0.39, 0.29) is 5.91 Å². The molecule has 0 saturated carbocycles. The van der Waals surface area contributed by atoms with E-state index in [1.807, 2.05) is 6.92 Å². The van der Waals surface area contributed by atoms with Crippen LogP contribution in [-0.4, -0.2) is 18.0 Å². The van der Waals surface area contributed by atoms with Crippen LogP contribution in [0.4, 0.5) is 0 Å². The van der Waals surface area contributed by atoms with Gasteiger partial charge in [-0.25, -0.2) is 0 Å². The molecule has 3 heteroatoms. The Hall–Kier alpha value is -0.570. The van der Waals surface area contributed by atoms with Crippen LogP contribution in [0.1, 0.15) is 47.0 Å². The number of rotatable bonds is 7. The molecule has 0 bridgehead atoms. The van der Waals surface area contributed by atoms with Crippen molar-refractivity contribution in [2.24, 2.45) is 11.7 Å². The van der Waals surface area contributed by atoms with Crippen LogP contribution in [-0.2, 0) is 4.79 Å². The van der Waals surface area contributed by atoms with Gasteiger partial charge in [0.2, 0.25) is 5.91 Å². The van der Waals surface area contributed by atoms with Crippen LogP contribution >= 0.6 is 0 Å². The van der Waals surface area contributed by atoms with Crippen molar-refractivity contribution in [3.05, 3.63) is 0 Å². The van der Waals surface area contributed by atoms with Crippen molar-refractivity contribution in [1.82, 2.24) is 5.32 Å². The van der Waals surface area contributed by atoms with E-state index in [0.29, 0.717) is 5.92 Å². The Bertz CT molecular complexity index is 180. The summed E-state index contributed by atoms with van der Waals surface area (Å²) in [5.41, 5.74) is 4.87. The molecule has 3 nitrogen and oxygen atoms in total. The molecule has 0 saturated heterocycles. The first-order valence-electron chi connectivity index (χ1n) is 5.47. The van der Waals surface area contributed by atoms with Gasteiger partial charge in [0, 0.05) is 0 Å². The molecule has 0 spiro atoms. The molecule has 0 aliphatic carbocycles. The highest BCUT2D eigenvalue weighted by molar-refractivity contribution is 5.84. The summed E-state index contributed by atoms with van der Waals surface area (Å²) in [6, 6.07) is 0. The van der Waals surface area contributed by atoms with Crippen LogP contribution in [0.5, 0.6) is 0 Å². The lowest BCUT2D eigenvalue weighted by molar-refractivity contribution is -0.124. The van der Waals surface area contributed by atoms with Gasteiger partial charge in [0.15, 0.2) is 0 Å². The molecule has 1 atom stereocenters. The maximum absolute atomic E-state index is 11.3. The lowest BCUT2D eigenvalue weighted by atomic mass is 9.91. The minimum absolute atomic E-state index is 0.244. The first kappa shape index (κ1) is 13.4. The first-order chi connectivity index (χ1) is 6.42. The van der Waals surface area contributed by atoms with Crippen LogP contribution < -0.4 is 11.1 Å². The van der Waals surface area contributed by atoms with E-state index in [1.165, 1.54) is 0 Å². The minimum Gasteiger partial charge on any atom is -0.368 e. The highest BCUT2D eigenvalue weighted by atomic mass is 16.1. The number of nitrogens with one attached hydrogen (secondary N) is 1. The monoisotopic (exact) mass is 200 g/mol. The molecule has 84 valence electrons. The third-order valence-corrected chi connectivity index (χ3v) is 2.53. The van der Waals surface area contributed by atoms with E-state index in [2.05, 4.69) is 26.1 Å². The maximum Gasteiger partial charge on any atom is 0.237 e. The predicted octanol–water partition coefficient (Wildman–Crippen LogP) is 1.67. The van der Waals surface area contributed by atoms with Gasteiger partial charge in [0.05, 0.1) is 5.54 Å². The smallest absolute Gasteiger partial charge is 0.237 e. The van der Waals surface area contributed by atoms with Crippen LogP contribution in [0, 0.1) is 5.92 Å². The molecular formula is C11H24N2O. The number of carbonyl (C=O) groups excluding carboxylic acids is 1. The highest BCUT2D eigenvalue weighted by Crippen LogP contribution is 2.16. The van der Waals surface area contributed by atoms with Gasteiger partial charge in [-0.05, 0) is 38.6 Å². The highest BCUT2D eigenvalue weighted by Gasteiger charge is 2.29. The quantitative estimate of drug-likeness (QED) is 0.657. The van der Waals surface area contributed by atoms with Gasteiger partial charge < -0.3 is 11.1 Å². The predicted molar refractivity (Wildman–Crippen MR) is 60.0 cm³/mol. The zero-order valence-electron chi connectivity index (χ0n) is 9.89. The first-order valence-corrected chi connectivity index (χ1v) is 5.47. The van der Waals surface area contributed by atoms with Gasteiger partial charge in [0.1, 0.15) is 0 Å². The average Bonchev–Trinajstić information content (AvgIpc) is 2.11. The van der Waals surface area contributed by atoms with E-state index >= 15 is 0 Å². The second-order valence-corrected chi connectivity index (χ2v) is 4.56. The third-order valence-electron chi connectivity index (χ3n) is 2.53. The molecule has 0 rings (SSSR count). The molecule has 0 aromatic heterocycles. The molecular weight excluding hydrogens is 176 g/mol. The van der Waals surface area contributed by atoms with E-state index in [1.54, 1.807) is 0 Å². The second kappa shape index (κ2) is 6.02. The standard InChI is InChI=1S/C11H24N2O/c1-5-8-13-11(4,10(12)14)7-6-9(2)3/h9,13H,5-8H2,1-4H3,(H2,12,14). The number of carbonyl (C=O) groups is 1. The molecule has 0 radical (unpaired) electrons. The maximum atomic E-state index is 11.3. The average molecular weight is 200 g/mol. The second-order valence-electron chi connectivity index (χ2n) is 4.56. The molecule has 0 aliphatic heterocycles. The van der Waals surface area contributed by atoms with Crippen molar-refractivity contribution >= 4 is 5.91 Å². The summed E-state index contributed by atoms with van der Waals surface area (Å²) in [6.07, 6.45) is 2.86. The molecule has 1 amide bonds. The van der Waals surface area contributed by atoms with Gasteiger partial charge >= 0.3 is 0 Å². The van der Waals surface area contributed by atoms with Crippen molar-refractivity contribution in [2.45, 2.75) is 52.5 Å². The van der Waals surface area contributed by atoms with Gasteiger partial charge in [0.25, 0.3) is 0 Å². The van der Waals surface area contributed by atoms with E-state index in [9.17, 15) is 4.79 Å². The van der Waals surface area contributed by atoms with Crippen molar-refractivity contribution in [3.8, 4) is 0 Å². The number of amides is 1. The summed E-state index contributed by atoms with van der Waals surface area (Å²) in [5.74, 6) is 0.365. The summed E-state index contributed by atoms with van der Waals surface area (Å²) in [7, 11) is 0. The number of hydrogen-bond donors (Lipinski definition) is 2. The number of primary amides is 1. The van der Waals surface area contributed by atoms with Crippen LogP contribution in [0.2, 0.25) is 0 Å². The molecule has 0 aliphatic rings. The summed E-state index contributed by atoms with van der Waals surface area (Å²) < 4.78 is 0. The van der Waals surface area contributed by atoms with Gasteiger partial charge in [-0.15, -0.1) is 0 Å². The molecule has 1 unspecified atom stereocenters. The lowest BCUT2D eigenvalue weighted by Crippen LogP contribution is -2.53. The Morgan fingerprint density at radius 3 is 2.43 bits per heavy atom. The van der Waals surface area contributed by atoms with Crippen LogP contribution in [0.3, 0.4) is 0 Å². The van der Waals surface area contributed by atoms with Gasteiger partial charge in [-0.1, -0.05) is 20.8 Å². The SMILES string of the molecule is CCCNC(C)(CCC(C)C)C(N)=O. The van der Waals surface area contributed by atoms with Crippen molar-refractivity contribution in [3.63, 3.8) is 0 Å². The molecule has 0 heterocycles. The molecule has 0 aromatic rings. The topological polar surface area (TPSA) is 55.1 Å². The van der Waals surface area contributed by atoms with Crippen molar-refractivity contribution < 1.29 is 4.79 Å². The summed E-state index contributed by atoms with van der Waals surface area (Å²) >= 11 is 0. The van der Waals surface area contributed by atoms with Gasteiger partial charge in [-0.3, -0.25) is 4.79 Å². The Morgan fingerprint density at radius 2 is 2.07 bits per heavy atom. The van der Waals surface area contributed by atoms with Crippen molar-refractivity contribution in [1.29, 1.82) is 0 Å². The van der Waals surface area contributed by atoms with Crippen molar-refractivity contribution in [2.75, 3.05) is 6.54 Å². The third kappa shape index (κ3) is 4.61. The van der Waals surface area contributed by atoms with E-state index in [4.69, 9.17) is 5.73 Å². The number of nitrogens with two attached hydrogens (primary N) is 1. The lowest BCUT2D eigenvalue weighted by Gasteiger charge is -2.28. The Morgan fingerprint density at radius 1 is 1.50 bits per heavy atom. The summed E-state index contributed by atoms with van der Waals surface area (Å²) in [5, 5.41) is 3.23. The minimum atomic E-state index is -0.528. The largest absolute Gasteiger partial charge is 0.368 e. The summed E-state index contributed by atoms with van der Waals surface area (Å²) in [4.78, 5) is 11.3. The van der Waals surface area contributed by atoms with E-state index in [0.717, 1.165) is 25.8 Å². The Kier molecular flexibility index (Phi) is 5.77. The van der Waals surface area contributed by atoms with Gasteiger partial charge in [-0.2, -0.15) is 0 Å². The fraction of sp³-hybridized carbons (Fsp3) is 0.909. The molecule has 14 heavy (non-hydrogen) atoms.